The molecular formula is C19H17N3O3S. The maximum absolute atomic E-state index is 12.4. The number of carbonyl (C=O) groups is 2. The fraction of sp³-hybridized carbons (Fsp3) is 0.105. The molecule has 2 aromatic carbocycles. The maximum Gasteiger partial charge on any atom is 0.275 e. The van der Waals surface area contributed by atoms with Gasteiger partial charge in [-0.3, -0.25) is 14.9 Å². The number of nitrogens with zero attached hydrogens (tertiary/aromatic N) is 1. The van der Waals surface area contributed by atoms with Crippen molar-refractivity contribution < 1.29 is 14.3 Å². The third-order valence-electron chi connectivity index (χ3n) is 3.43. The summed E-state index contributed by atoms with van der Waals surface area (Å²) in [6, 6.07) is 16.0. The molecule has 0 spiro atoms. The molecule has 26 heavy (non-hydrogen) atoms. The summed E-state index contributed by atoms with van der Waals surface area (Å²) in [4.78, 5) is 28.7. The summed E-state index contributed by atoms with van der Waals surface area (Å²) in [6.07, 6.45) is 0. The zero-order valence-corrected chi connectivity index (χ0v) is 14.9. The first-order valence-electron chi connectivity index (χ1n) is 8.02. The van der Waals surface area contributed by atoms with Crippen molar-refractivity contribution in [3.8, 4) is 5.75 Å². The summed E-state index contributed by atoms with van der Waals surface area (Å²) in [5.74, 6) is -0.0432. The maximum atomic E-state index is 12.4. The Kier molecular flexibility index (Phi) is 5.60. The minimum atomic E-state index is -0.367. The van der Waals surface area contributed by atoms with Crippen molar-refractivity contribution in [2.24, 2.45) is 0 Å². The van der Waals surface area contributed by atoms with Gasteiger partial charge in [-0.25, -0.2) is 4.98 Å². The first kappa shape index (κ1) is 17.6. The highest BCUT2D eigenvalue weighted by molar-refractivity contribution is 7.14. The standard InChI is InChI=1S/C19H17N3O3S/c1-2-25-16-11-7-6-10-14(16)20-18(24)15-12-26-19(21-15)22-17(23)13-8-4-3-5-9-13/h3-12H,2H2,1H3,(H,20,24)(H,21,22,23). The largest absolute Gasteiger partial charge is 0.492 e. The van der Waals surface area contributed by atoms with Crippen LogP contribution in [-0.4, -0.2) is 23.4 Å². The number of thiazole rings is 1. The number of carbonyl (C=O) groups excluding carboxylic acids is 2. The van der Waals surface area contributed by atoms with Gasteiger partial charge in [-0.15, -0.1) is 11.3 Å². The van der Waals surface area contributed by atoms with Crippen molar-refractivity contribution in [1.29, 1.82) is 0 Å². The van der Waals surface area contributed by atoms with E-state index in [0.29, 0.717) is 28.7 Å². The zero-order valence-electron chi connectivity index (χ0n) is 14.1. The van der Waals surface area contributed by atoms with Crippen LogP contribution in [0, 0.1) is 0 Å². The molecule has 0 aliphatic heterocycles. The predicted octanol–water partition coefficient (Wildman–Crippen LogP) is 4.05. The van der Waals surface area contributed by atoms with Crippen molar-refractivity contribution in [2.45, 2.75) is 6.92 Å². The Labute approximate surface area is 154 Å². The predicted molar refractivity (Wildman–Crippen MR) is 102 cm³/mol. The fourth-order valence-corrected chi connectivity index (χ4v) is 2.92. The van der Waals surface area contributed by atoms with Crippen molar-refractivity contribution in [3.05, 3.63) is 71.2 Å². The van der Waals surface area contributed by atoms with Gasteiger partial charge in [-0.1, -0.05) is 30.3 Å². The monoisotopic (exact) mass is 367 g/mol. The van der Waals surface area contributed by atoms with E-state index in [-0.39, 0.29) is 17.5 Å². The number of rotatable bonds is 6. The van der Waals surface area contributed by atoms with Gasteiger partial charge in [0, 0.05) is 10.9 Å². The Morgan fingerprint density at radius 3 is 2.50 bits per heavy atom. The number of aromatic nitrogens is 1. The quantitative estimate of drug-likeness (QED) is 0.689. The topological polar surface area (TPSA) is 80.3 Å². The summed E-state index contributed by atoms with van der Waals surface area (Å²) in [6.45, 7) is 2.37. The lowest BCUT2D eigenvalue weighted by molar-refractivity contribution is 0.101. The first-order valence-corrected chi connectivity index (χ1v) is 8.90. The molecule has 0 radical (unpaired) electrons. The van der Waals surface area contributed by atoms with Gasteiger partial charge < -0.3 is 10.1 Å². The number of hydrogen-bond acceptors (Lipinski definition) is 5. The van der Waals surface area contributed by atoms with Gasteiger partial charge in [0.15, 0.2) is 5.13 Å². The molecule has 0 atom stereocenters. The fourth-order valence-electron chi connectivity index (χ4n) is 2.23. The molecule has 132 valence electrons. The van der Waals surface area contributed by atoms with Crippen LogP contribution < -0.4 is 15.4 Å². The summed E-state index contributed by atoms with van der Waals surface area (Å²) in [7, 11) is 0. The molecular weight excluding hydrogens is 350 g/mol. The van der Waals surface area contributed by atoms with Gasteiger partial charge in [-0.2, -0.15) is 0 Å². The normalized spacial score (nSPS) is 10.2. The Morgan fingerprint density at radius 1 is 1.00 bits per heavy atom. The average Bonchev–Trinajstić information content (AvgIpc) is 3.13. The lowest BCUT2D eigenvalue weighted by Gasteiger charge is -2.10. The lowest BCUT2D eigenvalue weighted by atomic mass is 10.2. The zero-order chi connectivity index (χ0) is 18.4. The smallest absolute Gasteiger partial charge is 0.275 e. The highest BCUT2D eigenvalue weighted by atomic mass is 32.1. The number of para-hydroxylation sites is 2. The Bertz CT molecular complexity index is 909. The van der Waals surface area contributed by atoms with Gasteiger partial charge in [-0.05, 0) is 31.2 Å². The Hall–Kier alpha value is -3.19. The summed E-state index contributed by atoms with van der Waals surface area (Å²) in [5.41, 5.74) is 1.33. The molecule has 2 N–H and O–H groups in total. The van der Waals surface area contributed by atoms with Crippen molar-refractivity contribution in [2.75, 3.05) is 17.2 Å². The Balaban J connectivity index is 1.68. The lowest BCUT2D eigenvalue weighted by Crippen LogP contribution is -2.14. The molecule has 0 saturated carbocycles. The first-order chi connectivity index (χ1) is 12.7. The highest BCUT2D eigenvalue weighted by Crippen LogP contribution is 2.25. The summed E-state index contributed by atoms with van der Waals surface area (Å²) < 4.78 is 5.49. The van der Waals surface area contributed by atoms with E-state index >= 15 is 0 Å². The van der Waals surface area contributed by atoms with E-state index in [1.54, 1.807) is 41.8 Å². The molecule has 0 saturated heterocycles. The van der Waals surface area contributed by atoms with Crippen LogP contribution in [0.4, 0.5) is 10.8 Å². The van der Waals surface area contributed by atoms with E-state index in [1.165, 1.54) is 11.3 Å². The van der Waals surface area contributed by atoms with Crippen LogP contribution in [0.3, 0.4) is 0 Å². The molecule has 2 amide bonds. The molecule has 3 rings (SSSR count). The van der Waals surface area contributed by atoms with Crippen molar-refractivity contribution >= 4 is 34.0 Å². The van der Waals surface area contributed by atoms with Crippen LogP contribution in [0.25, 0.3) is 0 Å². The summed E-state index contributed by atoms with van der Waals surface area (Å²) in [5, 5.41) is 7.43. The number of benzene rings is 2. The molecule has 0 aliphatic rings. The van der Waals surface area contributed by atoms with Gasteiger partial charge in [0.1, 0.15) is 11.4 Å². The molecule has 3 aromatic rings. The molecule has 7 heteroatoms. The van der Waals surface area contributed by atoms with E-state index in [2.05, 4.69) is 15.6 Å². The van der Waals surface area contributed by atoms with Crippen LogP contribution in [0.15, 0.2) is 60.0 Å². The second kappa shape index (κ2) is 8.26. The van der Waals surface area contributed by atoms with Crippen molar-refractivity contribution in [1.82, 2.24) is 4.98 Å². The number of amides is 2. The molecule has 0 bridgehead atoms. The number of anilines is 2. The van der Waals surface area contributed by atoms with Gasteiger partial charge >= 0.3 is 0 Å². The van der Waals surface area contributed by atoms with E-state index < -0.39 is 0 Å². The van der Waals surface area contributed by atoms with Crippen LogP contribution in [-0.2, 0) is 0 Å². The van der Waals surface area contributed by atoms with Gasteiger partial charge in [0.05, 0.1) is 12.3 Å². The van der Waals surface area contributed by atoms with E-state index in [1.807, 2.05) is 25.1 Å². The average molecular weight is 367 g/mol. The molecule has 0 unspecified atom stereocenters. The minimum absolute atomic E-state index is 0.227. The molecule has 0 aliphatic carbocycles. The van der Waals surface area contributed by atoms with E-state index in [0.717, 1.165) is 0 Å². The Morgan fingerprint density at radius 2 is 1.73 bits per heavy atom. The third-order valence-corrected chi connectivity index (χ3v) is 4.19. The van der Waals surface area contributed by atoms with Crippen LogP contribution in [0.5, 0.6) is 5.75 Å². The third kappa shape index (κ3) is 4.25. The van der Waals surface area contributed by atoms with Gasteiger partial charge in [0.2, 0.25) is 0 Å². The molecule has 6 nitrogen and oxygen atoms in total. The second-order valence-corrected chi connectivity index (χ2v) is 6.10. The van der Waals surface area contributed by atoms with Crippen molar-refractivity contribution in [3.63, 3.8) is 0 Å². The van der Waals surface area contributed by atoms with Crippen LogP contribution in [0.1, 0.15) is 27.8 Å². The number of ether oxygens (including phenoxy) is 1. The minimum Gasteiger partial charge on any atom is -0.492 e. The molecule has 0 fully saturated rings. The van der Waals surface area contributed by atoms with Crippen LogP contribution >= 0.6 is 11.3 Å². The number of hydrogen-bond donors (Lipinski definition) is 2. The number of nitrogens with one attached hydrogen (secondary N) is 2. The van der Waals surface area contributed by atoms with E-state index in [9.17, 15) is 9.59 Å². The molecule has 1 heterocycles. The van der Waals surface area contributed by atoms with Crippen LogP contribution in [0.2, 0.25) is 0 Å². The highest BCUT2D eigenvalue weighted by Gasteiger charge is 2.15. The van der Waals surface area contributed by atoms with Gasteiger partial charge in [0.25, 0.3) is 11.8 Å². The summed E-state index contributed by atoms with van der Waals surface area (Å²) >= 11 is 1.19. The second-order valence-electron chi connectivity index (χ2n) is 5.24. The van der Waals surface area contributed by atoms with E-state index in [4.69, 9.17) is 4.74 Å². The SMILES string of the molecule is CCOc1ccccc1NC(=O)c1csc(NC(=O)c2ccccc2)n1. The molecule has 1 aromatic heterocycles.